The van der Waals surface area contributed by atoms with E-state index in [0.717, 1.165) is 11.1 Å². The van der Waals surface area contributed by atoms with Crippen LogP contribution in [0, 0.1) is 0 Å². The zero-order valence-corrected chi connectivity index (χ0v) is 20.1. The van der Waals surface area contributed by atoms with Crippen molar-refractivity contribution in [3.8, 4) is 0 Å². The Bertz CT molecular complexity index is 863. The van der Waals surface area contributed by atoms with Crippen molar-refractivity contribution in [2.75, 3.05) is 0 Å². The Morgan fingerprint density at radius 1 is 1.03 bits per heavy atom. The van der Waals surface area contributed by atoms with E-state index in [4.69, 9.17) is 4.43 Å². The molecule has 1 saturated heterocycles. The summed E-state index contributed by atoms with van der Waals surface area (Å²) in [4.78, 5) is 14.5. The van der Waals surface area contributed by atoms with Gasteiger partial charge >= 0.3 is 0 Å². The number of carbonyl (C=O) groups is 1. The minimum Gasteiger partial charge on any atom is -0.411 e. The Balaban J connectivity index is 1.96. The minimum absolute atomic E-state index is 0.0290. The number of likely N-dealkylation sites (tertiary alicyclic amines) is 1. The van der Waals surface area contributed by atoms with Gasteiger partial charge in [-0.1, -0.05) is 81.4 Å². The van der Waals surface area contributed by atoms with Crippen LogP contribution in [0.1, 0.15) is 38.8 Å². The van der Waals surface area contributed by atoms with Crippen LogP contribution >= 0.6 is 0 Å². The third-order valence-corrected chi connectivity index (χ3v) is 11.5. The lowest BCUT2D eigenvalue weighted by Gasteiger charge is -2.58. The number of carbonyl (C=O) groups excluding carboxylic acids is 1. The summed E-state index contributed by atoms with van der Waals surface area (Å²) in [5, 5.41) is 10.9. The summed E-state index contributed by atoms with van der Waals surface area (Å²) in [5.41, 5.74) is 1.42. The fourth-order valence-corrected chi connectivity index (χ4v) is 5.20. The molecule has 5 heteroatoms. The minimum atomic E-state index is -2.14. The first-order valence-electron chi connectivity index (χ1n) is 10.7. The van der Waals surface area contributed by atoms with Crippen LogP contribution in [0.2, 0.25) is 18.1 Å². The lowest BCUT2D eigenvalue weighted by atomic mass is 9.75. The first-order valence-corrected chi connectivity index (χ1v) is 13.6. The fraction of sp³-hybridized carbons (Fsp3) is 0.480. The molecular weight excluding hydrogens is 390 g/mol. The van der Waals surface area contributed by atoms with Crippen LogP contribution in [0.15, 0.2) is 60.7 Å². The van der Waals surface area contributed by atoms with Gasteiger partial charge in [-0.2, -0.15) is 0 Å². The van der Waals surface area contributed by atoms with Gasteiger partial charge in [-0.25, -0.2) is 0 Å². The highest BCUT2D eigenvalue weighted by atomic mass is 28.4. The molecule has 1 N–H and O–H groups in total. The van der Waals surface area contributed by atoms with Crippen molar-refractivity contribution in [1.29, 1.82) is 0 Å². The van der Waals surface area contributed by atoms with Gasteiger partial charge in [0.25, 0.3) is 5.91 Å². The number of rotatable bonds is 7. The molecule has 30 heavy (non-hydrogen) atoms. The van der Waals surface area contributed by atoms with Crippen molar-refractivity contribution >= 4 is 14.2 Å². The van der Waals surface area contributed by atoms with Crippen LogP contribution in [0.5, 0.6) is 0 Å². The smallest absolute Gasteiger partial charge is 0.254 e. The van der Waals surface area contributed by atoms with Crippen molar-refractivity contribution in [3.63, 3.8) is 0 Å². The Labute approximate surface area is 182 Å². The maximum absolute atomic E-state index is 12.7. The summed E-state index contributed by atoms with van der Waals surface area (Å²) in [6.07, 6.45) is -0.698. The molecule has 1 fully saturated rings. The second-order valence-corrected chi connectivity index (χ2v) is 14.9. The van der Waals surface area contributed by atoms with Gasteiger partial charge < -0.3 is 14.4 Å². The maximum atomic E-state index is 12.7. The Kier molecular flexibility index (Phi) is 6.28. The van der Waals surface area contributed by atoms with Gasteiger partial charge in [0, 0.05) is 6.54 Å². The highest BCUT2D eigenvalue weighted by molar-refractivity contribution is 6.74. The molecule has 0 aromatic heterocycles. The van der Waals surface area contributed by atoms with Crippen LogP contribution in [-0.4, -0.2) is 42.0 Å². The Morgan fingerprint density at radius 3 is 2.03 bits per heavy atom. The number of nitrogens with zero attached hydrogens (tertiary/aromatic N) is 1. The fourth-order valence-electron chi connectivity index (χ4n) is 3.81. The zero-order chi connectivity index (χ0) is 22.2. The molecular formula is C25H35NO3Si. The number of benzene rings is 2. The average molecular weight is 426 g/mol. The summed E-state index contributed by atoms with van der Waals surface area (Å²) in [6.45, 7) is 13.5. The maximum Gasteiger partial charge on any atom is 0.254 e. The monoisotopic (exact) mass is 425 g/mol. The summed E-state index contributed by atoms with van der Waals surface area (Å²) in [5.74, 6) is -0.224. The third-order valence-electron chi connectivity index (χ3n) is 6.98. The molecule has 0 aliphatic carbocycles. The predicted octanol–water partition coefficient (Wildman–Crippen LogP) is 4.78. The molecule has 4 nitrogen and oxygen atoms in total. The van der Waals surface area contributed by atoms with E-state index >= 15 is 0 Å². The van der Waals surface area contributed by atoms with E-state index in [2.05, 4.69) is 46.0 Å². The highest BCUT2D eigenvalue weighted by Gasteiger charge is 2.61. The third kappa shape index (κ3) is 4.24. The van der Waals surface area contributed by atoms with Gasteiger partial charge in [-0.15, -0.1) is 0 Å². The molecule has 0 unspecified atom stereocenters. The molecule has 1 aliphatic heterocycles. The quantitative estimate of drug-likeness (QED) is 0.513. The van der Waals surface area contributed by atoms with Crippen LogP contribution in [0.3, 0.4) is 0 Å². The van der Waals surface area contributed by atoms with Gasteiger partial charge in [-0.05, 0) is 42.6 Å². The van der Waals surface area contributed by atoms with Crippen LogP contribution in [-0.2, 0) is 22.2 Å². The molecule has 1 heterocycles. The lowest BCUT2D eigenvalue weighted by molar-refractivity contribution is -0.200. The standard InChI is InChI=1S/C25H35NO3Si/c1-24(2,3)30(5,6)29-21(17-19-13-9-7-10-14-19)25(4)22(27)23(28)26(25)18-20-15-11-8-12-16-20/h7-16,21-22,27H,17-18H2,1-6H3/t21-,22+,25+/m0/s1. The zero-order valence-electron chi connectivity index (χ0n) is 19.1. The molecule has 1 aliphatic rings. The van der Waals surface area contributed by atoms with Crippen molar-refractivity contribution < 1.29 is 14.3 Å². The Hall–Kier alpha value is -1.95. The molecule has 0 bridgehead atoms. The second-order valence-electron chi connectivity index (χ2n) is 10.1. The summed E-state index contributed by atoms with van der Waals surface area (Å²) in [7, 11) is -2.14. The molecule has 0 spiro atoms. The van der Waals surface area contributed by atoms with E-state index in [1.807, 2.05) is 55.5 Å². The first kappa shape index (κ1) is 22.7. The largest absolute Gasteiger partial charge is 0.411 e. The highest BCUT2D eigenvalue weighted by Crippen LogP contribution is 2.44. The van der Waals surface area contributed by atoms with Crippen molar-refractivity contribution in [2.45, 2.75) is 76.5 Å². The molecule has 3 atom stereocenters. The molecule has 2 aromatic carbocycles. The summed E-state index contributed by atoms with van der Waals surface area (Å²) in [6, 6.07) is 20.1. The molecule has 2 aromatic rings. The molecule has 162 valence electrons. The van der Waals surface area contributed by atoms with Crippen LogP contribution in [0.4, 0.5) is 0 Å². The van der Waals surface area contributed by atoms with Gasteiger partial charge in [0.2, 0.25) is 0 Å². The van der Waals surface area contributed by atoms with E-state index in [1.165, 1.54) is 0 Å². The van der Waals surface area contributed by atoms with Gasteiger partial charge in [0.15, 0.2) is 14.4 Å². The van der Waals surface area contributed by atoms with Crippen molar-refractivity contribution in [2.24, 2.45) is 0 Å². The predicted molar refractivity (Wildman–Crippen MR) is 124 cm³/mol. The SMILES string of the molecule is CC(C)(C)[Si](C)(C)O[C@@H](Cc1ccccc1)[C@]1(C)[C@H](O)C(=O)N1Cc1ccccc1. The topological polar surface area (TPSA) is 49.8 Å². The summed E-state index contributed by atoms with van der Waals surface area (Å²) >= 11 is 0. The first-order chi connectivity index (χ1) is 14.0. The molecule has 1 amide bonds. The average Bonchev–Trinajstić information content (AvgIpc) is 2.71. The lowest BCUT2D eigenvalue weighted by Crippen LogP contribution is -2.78. The number of β-lactam (4-membered cyclic amide) rings is 1. The number of hydrogen-bond acceptors (Lipinski definition) is 3. The van der Waals surface area contributed by atoms with Gasteiger partial charge in [0.05, 0.1) is 6.10 Å². The molecule has 0 saturated carbocycles. The number of amides is 1. The van der Waals surface area contributed by atoms with Gasteiger partial charge in [0.1, 0.15) is 5.54 Å². The van der Waals surface area contributed by atoms with E-state index in [-0.39, 0.29) is 17.0 Å². The van der Waals surface area contributed by atoms with Crippen LogP contribution < -0.4 is 0 Å². The normalized spacial score (nSPS) is 23.2. The van der Waals surface area contributed by atoms with Crippen molar-refractivity contribution in [3.05, 3.63) is 71.8 Å². The van der Waals surface area contributed by atoms with E-state index < -0.39 is 20.0 Å². The molecule has 3 rings (SSSR count). The Morgan fingerprint density at radius 2 is 1.53 bits per heavy atom. The second kappa shape index (κ2) is 8.29. The summed E-state index contributed by atoms with van der Waals surface area (Å²) < 4.78 is 6.88. The van der Waals surface area contributed by atoms with Crippen LogP contribution in [0.25, 0.3) is 0 Å². The van der Waals surface area contributed by atoms with Gasteiger partial charge in [-0.3, -0.25) is 4.79 Å². The number of hydrogen-bond donors (Lipinski definition) is 1. The van der Waals surface area contributed by atoms with E-state index in [9.17, 15) is 9.90 Å². The molecule has 0 radical (unpaired) electrons. The van der Waals surface area contributed by atoms with E-state index in [0.29, 0.717) is 13.0 Å². The van der Waals surface area contributed by atoms with E-state index in [1.54, 1.807) is 4.90 Å². The number of aliphatic hydroxyl groups is 1. The number of aliphatic hydroxyl groups excluding tert-OH is 1. The van der Waals surface area contributed by atoms with Crippen molar-refractivity contribution in [1.82, 2.24) is 4.90 Å².